The number of aromatic nitrogens is 2. The number of hydrogen-bond donors (Lipinski definition) is 4. The number of carbonyl (C=O) groups is 7. The molecular weight excluding hydrogens is 646 g/mol. The Labute approximate surface area is 292 Å². The SMILES string of the molecule is CCCC(C(=O)C(=O)NCC(=O)O)N1CC[C@H]2CN(C(=O)C(NC(=O)[C@@H](NC(=O)c3cnccn3)C3CCCCC3)C(C)(C)C)C(C1=O)[C@H]2C. The number of likely N-dealkylation sites (tertiary alicyclic amines) is 2. The molecule has 2 saturated heterocycles. The van der Waals surface area contributed by atoms with E-state index in [1.54, 1.807) is 0 Å². The fourth-order valence-electron chi connectivity index (χ4n) is 7.55. The van der Waals surface area contributed by atoms with Crippen LogP contribution in [0.2, 0.25) is 0 Å². The molecule has 4 rings (SSSR count). The first-order valence-corrected chi connectivity index (χ1v) is 17.7. The van der Waals surface area contributed by atoms with Gasteiger partial charge in [-0.25, -0.2) is 4.98 Å². The molecule has 5 amide bonds. The van der Waals surface area contributed by atoms with Gasteiger partial charge in [-0.1, -0.05) is 60.3 Å². The van der Waals surface area contributed by atoms with Crippen molar-refractivity contribution in [1.82, 2.24) is 35.7 Å². The predicted molar refractivity (Wildman–Crippen MR) is 180 cm³/mol. The number of ketones is 1. The second-order valence-electron chi connectivity index (χ2n) is 14.9. The van der Waals surface area contributed by atoms with Crippen molar-refractivity contribution in [3.63, 3.8) is 0 Å². The van der Waals surface area contributed by atoms with Gasteiger partial charge in [-0.2, -0.15) is 0 Å². The number of amides is 5. The summed E-state index contributed by atoms with van der Waals surface area (Å²) in [6.45, 7) is 8.94. The average Bonchev–Trinajstić information content (AvgIpc) is 3.36. The molecule has 274 valence electrons. The molecule has 1 aliphatic carbocycles. The Morgan fingerprint density at radius 2 is 1.72 bits per heavy atom. The van der Waals surface area contributed by atoms with Crippen molar-refractivity contribution in [3.05, 3.63) is 24.3 Å². The van der Waals surface area contributed by atoms with Crippen molar-refractivity contribution in [2.24, 2.45) is 23.2 Å². The fraction of sp³-hybridized carbons (Fsp3) is 0.686. The van der Waals surface area contributed by atoms with E-state index in [2.05, 4.69) is 25.9 Å². The topological polar surface area (TPSA) is 208 Å². The van der Waals surface area contributed by atoms with E-state index in [0.29, 0.717) is 12.8 Å². The molecule has 6 atom stereocenters. The molecule has 50 heavy (non-hydrogen) atoms. The minimum Gasteiger partial charge on any atom is -0.480 e. The zero-order valence-electron chi connectivity index (χ0n) is 29.6. The molecule has 2 bridgehead atoms. The molecule has 1 aromatic rings. The third-order valence-electron chi connectivity index (χ3n) is 10.3. The van der Waals surface area contributed by atoms with Crippen LogP contribution in [0.5, 0.6) is 0 Å². The van der Waals surface area contributed by atoms with Gasteiger partial charge in [-0.15, -0.1) is 0 Å². The van der Waals surface area contributed by atoms with Crippen LogP contribution in [0.25, 0.3) is 0 Å². The van der Waals surface area contributed by atoms with Gasteiger partial charge < -0.3 is 30.9 Å². The van der Waals surface area contributed by atoms with Crippen molar-refractivity contribution >= 4 is 41.3 Å². The van der Waals surface area contributed by atoms with Gasteiger partial charge in [-0.3, -0.25) is 38.5 Å². The van der Waals surface area contributed by atoms with Crippen molar-refractivity contribution < 1.29 is 38.7 Å². The first kappa shape index (κ1) is 38.4. The van der Waals surface area contributed by atoms with Gasteiger partial charge in [0.15, 0.2) is 0 Å². The zero-order valence-corrected chi connectivity index (χ0v) is 29.6. The molecule has 15 nitrogen and oxygen atoms in total. The molecule has 0 spiro atoms. The van der Waals surface area contributed by atoms with Crippen LogP contribution in [-0.4, -0.2) is 110 Å². The van der Waals surface area contributed by atoms with Crippen LogP contribution in [0.3, 0.4) is 0 Å². The summed E-state index contributed by atoms with van der Waals surface area (Å²) in [6, 6.07) is -4.03. The summed E-state index contributed by atoms with van der Waals surface area (Å²) in [5.74, 6) is -5.71. The number of Topliss-reactive ketones (excluding diaryl/α,β-unsaturated/α-hetero) is 1. The Hall–Kier alpha value is -4.43. The maximum atomic E-state index is 14.6. The molecule has 3 unspecified atom stereocenters. The van der Waals surface area contributed by atoms with Gasteiger partial charge in [0.25, 0.3) is 11.8 Å². The first-order valence-electron chi connectivity index (χ1n) is 17.7. The van der Waals surface area contributed by atoms with Gasteiger partial charge in [-0.05, 0) is 48.9 Å². The van der Waals surface area contributed by atoms with E-state index in [-0.39, 0.29) is 43.0 Å². The van der Waals surface area contributed by atoms with Crippen molar-refractivity contribution in [2.45, 2.75) is 110 Å². The van der Waals surface area contributed by atoms with Crippen molar-refractivity contribution in [2.75, 3.05) is 19.6 Å². The van der Waals surface area contributed by atoms with Gasteiger partial charge in [0.2, 0.25) is 23.5 Å². The highest BCUT2D eigenvalue weighted by atomic mass is 16.4. The van der Waals surface area contributed by atoms with Gasteiger partial charge in [0.05, 0.1) is 6.20 Å². The van der Waals surface area contributed by atoms with E-state index in [0.717, 1.165) is 32.1 Å². The molecule has 3 fully saturated rings. The van der Waals surface area contributed by atoms with Gasteiger partial charge >= 0.3 is 5.97 Å². The van der Waals surface area contributed by atoms with Crippen molar-refractivity contribution in [3.8, 4) is 0 Å². The van der Waals surface area contributed by atoms with Gasteiger partial charge in [0, 0.05) is 25.5 Å². The lowest BCUT2D eigenvalue weighted by molar-refractivity contribution is -0.153. The predicted octanol–water partition coefficient (Wildman–Crippen LogP) is 1.32. The maximum Gasteiger partial charge on any atom is 0.322 e. The molecule has 3 aliphatic rings. The smallest absolute Gasteiger partial charge is 0.322 e. The van der Waals surface area contributed by atoms with E-state index >= 15 is 0 Å². The molecule has 15 heteroatoms. The van der Waals surface area contributed by atoms with Crippen LogP contribution in [0.4, 0.5) is 0 Å². The Morgan fingerprint density at radius 1 is 1.02 bits per heavy atom. The van der Waals surface area contributed by atoms with E-state index in [9.17, 15) is 33.6 Å². The fourth-order valence-corrected chi connectivity index (χ4v) is 7.55. The van der Waals surface area contributed by atoms with Crippen LogP contribution < -0.4 is 16.0 Å². The molecule has 4 N–H and O–H groups in total. The number of carbonyl (C=O) groups excluding carboxylic acids is 6. The average molecular weight is 698 g/mol. The summed E-state index contributed by atoms with van der Waals surface area (Å²) in [7, 11) is 0. The van der Waals surface area contributed by atoms with Crippen LogP contribution in [0, 0.1) is 23.2 Å². The molecular formula is C35H51N7O8. The lowest BCUT2D eigenvalue weighted by atomic mass is 9.82. The summed E-state index contributed by atoms with van der Waals surface area (Å²) in [5, 5.41) is 16.9. The number of nitrogens with one attached hydrogen (secondary N) is 3. The number of hydrogen-bond acceptors (Lipinski definition) is 9. The molecule has 0 aromatic carbocycles. The normalized spacial score (nSPS) is 22.9. The minimum absolute atomic E-state index is 0.0706. The summed E-state index contributed by atoms with van der Waals surface area (Å²) in [5.41, 5.74) is -0.721. The summed E-state index contributed by atoms with van der Waals surface area (Å²) in [6.07, 6.45) is 9.64. The van der Waals surface area contributed by atoms with Crippen LogP contribution >= 0.6 is 0 Å². The monoisotopic (exact) mass is 697 g/mol. The molecule has 0 radical (unpaired) electrons. The standard InChI is InChI=1S/C35H51N7O8/c1-6-10-24(28(45)32(48)38-18-25(43)44)41-16-13-22-19-42(27(20(22)2)33(41)49)34(50)29(35(3,4)5)40-31(47)26(21-11-8-7-9-12-21)39-30(46)23-17-36-14-15-37-23/h14-15,17,20-22,24,26-27,29H,6-13,16,18-19H2,1-5H3,(H,38,48)(H,39,46)(H,40,47)(H,43,44)/t20-,22-,24?,26-,27?,29?/m0/s1. The Bertz CT molecular complexity index is 1440. The second-order valence-corrected chi connectivity index (χ2v) is 14.9. The molecule has 1 saturated carbocycles. The largest absolute Gasteiger partial charge is 0.480 e. The molecule has 3 heterocycles. The van der Waals surface area contributed by atoms with Gasteiger partial charge in [0.1, 0.15) is 36.4 Å². The number of carboxylic acids is 1. The third-order valence-corrected chi connectivity index (χ3v) is 10.3. The lowest BCUT2D eigenvalue weighted by Crippen LogP contribution is -2.62. The number of rotatable bonds is 13. The highest BCUT2D eigenvalue weighted by Crippen LogP contribution is 2.38. The lowest BCUT2D eigenvalue weighted by Gasteiger charge is -2.40. The minimum atomic E-state index is -1.30. The summed E-state index contributed by atoms with van der Waals surface area (Å²) < 4.78 is 0. The van der Waals surface area contributed by atoms with E-state index < -0.39 is 77.4 Å². The van der Waals surface area contributed by atoms with E-state index in [4.69, 9.17) is 5.11 Å². The highest BCUT2D eigenvalue weighted by Gasteiger charge is 2.53. The first-order chi connectivity index (χ1) is 23.6. The Morgan fingerprint density at radius 3 is 2.32 bits per heavy atom. The zero-order chi connectivity index (χ0) is 36.7. The van der Waals surface area contributed by atoms with Crippen LogP contribution in [-0.2, 0) is 28.8 Å². The second kappa shape index (κ2) is 16.5. The van der Waals surface area contributed by atoms with Crippen LogP contribution in [0.15, 0.2) is 18.6 Å². The molecule has 2 aliphatic heterocycles. The number of fused-ring (bicyclic) bond motifs is 2. The van der Waals surface area contributed by atoms with Crippen molar-refractivity contribution in [1.29, 1.82) is 0 Å². The van der Waals surface area contributed by atoms with E-state index in [1.165, 1.54) is 28.4 Å². The summed E-state index contributed by atoms with van der Waals surface area (Å²) >= 11 is 0. The maximum absolute atomic E-state index is 14.6. The van der Waals surface area contributed by atoms with Crippen LogP contribution in [0.1, 0.15) is 96.5 Å². The Balaban J connectivity index is 1.59. The van der Waals surface area contributed by atoms with E-state index in [1.807, 2.05) is 34.6 Å². The Kier molecular flexibility index (Phi) is 12.7. The summed E-state index contributed by atoms with van der Waals surface area (Å²) in [4.78, 5) is 104. The number of aliphatic carboxylic acids is 1. The highest BCUT2D eigenvalue weighted by molar-refractivity contribution is 6.38. The number of carboxylic acid groups (broad SMARTS) is 1. The third kappa shape index (κ3) is 8.83. The quantitative estimate of drug-likeness (QED) is 0.217. The molecule has 1 aromatic heterocycles. The number of nitrogens with zero attached hydrogens (tertiary/aromatic N) is 4.